The molecule has 2 fully saturated rings. The zero-order valence-electron chi connectivity index (χ0n) is 19.9. The molecular formula is C26H28ClF5N4. The number of unbranched alkanes of at least 4 members (excludes halogenated alkanes) is 2. The smallest absolute Gasteiger partial charge is 0.314 e. The quantitative estimate of drug-likeness (QED) is 0.259. The van der Waals surface area contributed by atoms with Crippen LogP contribution in [0.25, 0.3) is 11.4 Å². The highest BCUT2D eigenvalue weighted by Gasteiger charge is 2.60. The van der Waals surface area contributed by atoms with Gasteiger partial charge in [0.05, 0.1) is 5.56 Å². The Hall–Kier alpha value is -2.52. The van der Waals surface area contributed by atoms with Gasteiger partial charge < -0.3 is 9.47 Å². The Kier molecular flexibility index (Phi) is 7.44. The average molecular weight is 527 g/mol. The number of likely N-dealkylation sites (tertiary alicyclic amines) is 1. The Morgan fingerprint density at radius 3 is 2.42 bits per heavy atom. The van der Waals surface area contributed by atoms with Crippen molar-refractivity contribution in [2.45, 2.75) is 43.7 Å². The molecule has 2 heterocycles. The number of rotatable bonds is 8. The van der Waals surface area contributed by atoms with E-state index < -0.39 is 23.4 Å². The first-order valence-electron chi connectivity index (χ1n) is 11.9. The monoisotopic (exact) mass is 526 g/mol. The summed E-state index contributed by atoms with van der Waals surface area (Å²) in [6.45, 7) is 2.88. The number of piperidine rings is 1. The first-order chi connectivity index (χ1) is 16.7. The molecule has 1 aliphatic carbocycles. The van der Waals surface area contributed by atoms with Crippen molar-refractivity contribution < 1.29 is 22.0 Å². The van der Waals surface area contributed by atoms with Crippen molar-refractivity contribution in [3.8, 4) is 11.4 Å². The molecule has 1 saturated heterocycles. The molecule has 0 N–H and O–H groups in total. The lowest BCUT2D eigenvalue weighted by Crippen LogP contribution is -2.27. The molecule has 2 aliphatic rings. The van der Waals surface area contributed by atoms with Crippen molar-refractivity contribution in [1.82, 2.24) is 19.7 Å². The number of hydrogen-bond acceptors (Lipinski definition) is 3. The van der Waals surface area contributed by atoms with Gasteiger partial charge in [0.15, 0.2) is 17.5 Å². The summed E-state index contributed by atoms with van der Waals surface area (Å²) in [7, 11) is 1.82. The van der Waals surface area contributed by atoms with Gasteiger partial charge >= 0.3 is 6.18 Å². The fraction of sp³-hybridized carbons (Fsp3) is 0.462. The van der Waals surface area contributed by atoms with Gasteiger partial charge in [-0.3, -0.25) is 0 Å². The number of nitrogens with zero attached hydrogens (tertiary/aromatic N) is 4. The average Bonchev–Trinajstić information content (AvgIpc) is 3.20. The predicted octanol–water partition coefficient (Wildman–Crippen LogP) is 6.19. The maximum atomic E-state index is 13.5. The number of hydrogen-bond donors (Lipinski definition) is 0. The first-order valence-corrected chi connectivity index (χ1v) is 11.9. The van der Waals surface area contributed by atoms with Gasteiger partial charge in [0, 0.05) is 37.5 Å². The van der Waals surface area contributed by atoms with E-state index in [-0.39, 0.29) is 17.8 Å². The van der Waals surface area contributed by atoms with Crippen molar-refractivity contribution >= 4 is 12.4 Å². The van der Waals surface area contributed by atoms with Crippen LogP contribution in [0.15, 0.2) is 42.5 Å². The van der Waals surface area contributed by atoms with Crippen LogP contribution in [0.4, 0.5) is 22.0 Å². The second-order valence-corrected chi connectivity index (χ2v) is 9.81. The van der Waals surface area contributed by atoms with E-state index in [4.69, 9.17) is 0 Å². The third-order valence-corrected chi connectivity index (χ3v) is 7.52. The summed E-state index contributed by atoms with van der Waals surface area (Å²) in [5.41, 5.74) is 0.945. The van der Waals surface area contributed by atoms with E-state index in [9.17, 15) is 22.0 Å². The van der Waals surface area contributed by atoms with Crippen LogP contribution in [0, 0.1) is 17.6 Å². The van der Waals surface area contributed by atoms with Crippen molar-refractivity contribution in [3.63, 3.8) is 0 Å². The molecule has 5 rings (SSSR count). The summed E-state index contributed by atoms with van der Waals surface area (Å²) in [6, 6.07) is 9.41. The lowest BCUT2D eigenvalue weighted by Gasteiger charge is -2.21. The fourth-order valence-electron chi connectivity index (χ4n) is 5.46. The minimum absolute atomic E-state index is 0. The molecule has 0 bridgehead atoms. The normalized spacial score (nSPS) is 21.3. The third-order valence-electron chi connectivity index (χ3n) is 7.52. The van der Waals surface area contributed by atoms with Gasteiger partial charge in [-0.2, -0.15) is 13.2 Å². The van der Waals surface area contributed by atoms with Crippen LogP contribution in [-0.4, -0.2) is 39.3 Å². The molecule has 10 heteroatoms. The topological polar surface area (TPSA) is 34.0 Å². The van der Waals surface area contributed by atoms with Crippen LogP contribution >= 0.6 is 12.4 Å². The van der Waals surface area contributed by atoms with Crippen molar-refractivity contribution in [1.29, 1.82) is 0 Å². The molecule has 0 amide bonds. The largest absolute Gasteiger partial charge is 0.416 e. The van der Waals surface area contributed by atoms with Gasteiger partial charge in [0.2, 0.25) is 0 Å². The molecule has 36 heavy (non-hydrogen) atoms. The zero-order valence-corrected chi connectivity index (χ0v) is 20.7. The number of fused-ring (bicyclic) bond motifs is 1. The maximum Gasteiger partial charge on any atom is 0.416 e. The Bertz CT molecular complexity index is 1210. The second kappa shape index (κ2) is 10.1. The SMILES string of the molecule is Cl.Cn1c(CCCCCN2CC3C[C@]3(c3ccc(C(F)(F)F)cc3)C2)nnc1-c1ccc(F)c(F)c1. The highest BCUT2D eigenvalue weighted by molar-refractivity contribution is 5.85. The Morgan fingerprint density at radius 2 is 1.72 bits per heavy atom. The predicted molar refractivity (Wildman–Crippen MR) is 129 cm³/mol. The molecule has 2 atom stereocenters. The van der Waals surface area contributed by atoms with Crippen LogP contribution < -0.4 is 0 Å². The first kappa shape index (κ1) is 26.5. The van der Waals surface area contributed by atoms with E-state index in [0.29, 0.717) is 17.3 Å². The van der Waals surface area contributed by atoms with Crippen LogP contribution in [-0.2, 0) is 25.1 Å². The highest BCUT2D eigenvalue weighted by Crippen LogP contribution is 2.59. The van der Waals surface area contributed by atoms with E-state index >= 15 is 0 Å². The second-order valence-electron chi connectivity index (χ2n) is 9.81. The van der Waals surface area contributed by atoms with Gasteiger partial charge in [0.25, 0.3) is 0 Å². The summed E-state index contributed by atoms with van der Waals surface area (Å²) < 4.78 is 67.1. The molecule has 0 spiro atoms. The molecular weight excluding hydrogens is 499 g/mol. The van der Waals surface area contributed by atoms with E-state index in [1.54, 1.807) is 12.1 Å². The summed E-state index contributed by atoms with van der Waals surface area (Å²) in [6.07, 6.45) is 0.482. The number of aromatic nitrogens is 3. The van der Waals surface area contributed by atoms with Gasteiger partial charge in [-0.1, -0.05) is 18.6 Å². The molecule has 4 nitrogen and oxygen atoms in total. The molecule has 1 unspecified atom stereocenters. The molecule has 194 valence electrons. The van der Waals surface area contributed by atoms with E-state index in [1.165, 1.54) is 18.2 Å². The van der Waals surface area contributed by atoms with E-state index in [0.717, 1.165) is 75.3 Å². The molecule has 2 aromatic carbocycles. The van der Waals surface area contributed by atoms with Crippen LogP contribution in [0.3, 0.4) is 0 Å². The fourth-order valence-corrected chi connectivity index (χ4v) is 5.46. The van der Waals surface area contributed by atoms with Crippen LogP contribution in [0.5, 0.6) is 0 Å². The molecule has 1 aliphatic heterocycles. The minimum Gasteiger partial charge on any atom is -0.314 e. The van der Waals surface area contributed by atoms with Gasteiger partial charge in [0.1, 0.15) is 5.82 Å². The zero-order chi connectivity index (χ0) is 24.8. The molecule has 1 aromatic heterocycles. The lowest BCUT2D eigenvalue weighted by molar-refractivity contribution is -0.137. The van der Waals surface area contributed by atoms with Crippen LogP contribution in [0.2, 0.25) is 0 Å². The number of benzene rings is 2. The Balaban J connectivity index is 0.00000304. The summed E-state index contributed by atoms with van der Waals surface area (Å²) in [5, 5.41) is 8.36. The lowest BCUT2D eigenvalue weighted by atomic mass is 9.94. The molecule has 1 saturated carbocycles. The van der Waals surface area contributed by atoms with Gasteiger partial charge in [-0.25, -0.2) is 8.78 Å². The highest BCUT2D eigenvalue weighted by atomic mass is 35.5. The molecule has 0 radical (unpaired) electrons. The number of alkyl halides is 3. The number of halogens is 6. The molecule has 3 aromatic rings. The maximum absolute atomic E-state index is 13.5. The van der Waals surface area contributed by atoms with Crippen molar-refractivity contribution in [2.24, 2.45) is 13.0 Å². The number of aryl methyl sites for hydroxylation is 1. The van der Waals surface area contributed by atoms with Crippen molar-refractivity contribution in [2.75, 3.05) is 19.6 Å². The Labute approximate surface area is 212 Å². The van der Waals surface area contributed by atoms with Crippen molar-refractivity contribution in [3.05, 3.63) is 71.1 Å². The van der Waals surface area contributed by atoms with Gasteiger partial charge in [-0.15, -0.1) is 22.6 Å². The van der Waals surface area contributed by atoms with E-state index in [1.807, 2.05) is 11.6 Å². The minimum atomic E-state index is -4.30. The standard InChI is InChI=1S/C26H27F5N4.ClH/c1-34-23(32-33-24(34)17-6-11-21(27)22(28)13-17)5-3-2-4-12-35-15-20-14-25(20,16-35)18-7-9-19(10-8-18)26(29,30)31;/h6-11,13,20H,2-5,12,14-16H2,1H3;1H/t20?,25-;/m1./s1. The van der Waals surface area contributed by atoms with Crippen LogP contribution in [0.1, 0.15) is 42.6 Å². The third kappa shape index (κ3) is 5.13. The summed E-state index contributed by atoms with van der Waals surface area (Å²) in [5.74, 6) is 0.0354. The summed E-state index contributed by atoms with van der Waals surface area (Å²) in [4.78, 5) is 2.43. The summed E-state index contributed by atoms with van der Waals surface area (Å²) >= 11 is 0. The van der Waals surface area contributed by atoms with Gasteiger partial charge in [-0.05, 0) is 67.6 Å². The van der Waals surface area contributed by atoms with E-state index in [2.05, 4.69) is 15.1 Å². The Morgan fingerprint density at radius 1 is 0.972 bits per heavy atom.